The minimum atomic E-state index is -0.136. The van der Waals surface area contributed by atoms with Gasteiger partial charge in [0.15, 0.2) is 5.76 Å². The highest BCUT2D eigenvalue weighted by Gasteiger charge is 2.36. The summed E-state index contributed by atoms with van der Waals surface area (Å²) < 4.78 is 17.3. The summed E-state index contributed by atoms with van der Waals surface area (Å²) in [6.45, 7) is 7.63. The molecule has 2 aromatic carbocycles. The van der Waals surface area contributed by atoms with E-state index in [0.29, 0.717) is 31.2 Å². The van der Waals surface area contributed by atoms with Crippen molar-refractivity contribution in [3.05, 3.63) is 88.4 Å². The Hall–Kier alpha value is -3.62. The van der Waals surface area contributed by atoms with E-state index in [0.717, 1.165) is 75.2 Å². The first kappa shape index (κ1) is 29.5. The predicted molar refractivity (Wildman–Crippen MR) is 164 cm³/mol. The lowest BCUT2D eigenvalue weighted by Crippen LogP contribution is -2.49. The smallest absolute Gasteiger partial charge is 0.289 e. The number of ether oxygens (including phenoxy) is 2. The molecule has 0 N–H and O–H groups in total. The molecule has 3 heterocycles. The Kier molecular flexibility index (Phi) is 9.14. The van der Waals surface area contributed by atoms with Crippen LogP contribution in [0.3, 0.4) is 0 Å². The topological polar surface area (TPSA) is 75.5 Å². The summed E-state index contributed by atoms with van der Waals surface area (Å²) in [4.78, 5) is 33.1. The van der Waals surface area contributed by atoms with Crippen molar-refractivity contribution in [3.8, 4) is 5.75 Å². The van der Waals surface area contributed by atoms with E-state index in [1.165, 1.54) is 11.1 Å². The summed E-state index contributed by atoms with van der Waals surface area (Å²) in [7, 11) is 1.71. The minimum Gasteiger partial charge on any atom is -0.486 e. The summed E-state index contributed by atoms with van der Waals surface area (Å²) >= 11 is 0. The molecule has 8 nitrogen and oxygen atoms in total. The fraction of sp³-hybridized carbons (Fsp3) is 0.486. The summed E-state index contributed by atoms with van der Waals surface area (Å²) in [5, 5.41) is 0. The molecular formula is C35H43N3O5. The number of methoxy groups -OCH3 is 1. The number of carbonyl (C=O) groups is 2. The average molecular weight is 586 g/mol. The summed E-state index contributed by atoms with van der Waals surface area (Å²) in [6.07, 6.45) is 5.09. The van der Waals surface area contributed by atoms with Gasteiger partial charge in [0, 0.05) is 52.3 Å². The van der Waals surface area contributed by atoms with Crippen molar-refractivity contribution >= 4 is 11.8 Å². The number of rotatable bonds is 9. The number of carbonyl (C=O) groups excluding carboxylic acids is 2. The molecular weight excluding hydrogens is 542 g/mol. The number of benzene rings is 2. The largest absolute Gasteiger partial charge is 0.486 e. The molecule has 8 heteroatoms. The van der Waals surface area contributed by atoms with Crippen molar-refractivity contribution < 1.29 is 23.5 Å². The Morgan fingerprint density at radius 1 is 0.953 bits per heavy atom. The van der Waals surface area contributed by atoms with Crippen molar-refractivity contribution in [2.45, 2.75) is 51.7 Å². The van der Waals surface area contributed by atoms with Gasteiger partial charge in [-0.05, 0) is 67.1 Å². The third kappa shape index (κ3) is 6.65. The molecule has 1 aromatic heterocycles. The number of aryl methyl sites for hydroxylation is 1. The van der Waals surface area contributed by atoms with Gasteiger partial charge in [-0.1, -0.05) is 48.7 Å². The van der Waals surface area contributed by atoms with Crippen molar-refractivity contribution in [1.82, 2.24) is 14.7 Å². The Morgan fingerprint density at radius 2 is 1.77 bits per heavy atom. The first-order valence-electron chi connectivity index (χ1n) is 15.7. The fourth-order valence-electron chi connectivity index (χ4n) is 6.80. The average Bonchev–Trinajstić information content (AvgIpc) is 3.75. The van der Waals surface area contributed by atoms with Crippen molar-refractivity contribution in [3.63, 3.8) is 0 Å². The zero-order chi connectivity index (χ0) is 29.8. The molecule has 0 bridgehead atoms. The van der Waals surface area contributed by atoms with Crippen LogP contribution in [0.15, 0.2) is 59.0 Å². The number of piperazine rings is 1. The first-order chi connectivity index (χ1) is 21.0. The Labute approximate surface area is 254 Å². The molecule has 1 atom stereocenters. The second kappa shape index (κ2) is 13.3. The lowest BCUT2D eigenvalue weighted by molar-refractivity contribution is -0.137. The maximum absolute atomic E-state index is 13.7. The van der Waals surface area contributed by atoms with E-state index in [1.807, 2.05) is 17.0 Å². The summed E-state index contributed by atoms with van der Waals surface area (Å²) in [5.41, 5.74) is 4.70. The number of hydrogen-bond donors (Lipinski definition) is 0. The molecule has 43 heavy (non-hydrogen) atoms. The van der Waals surface area contributed by atoms with Gasteiger partial charge in [-0.15, -0.1) is 0 Å². The maximum Gasteiger partial charge on any atom is 0.289 e. The molecule has 2 aliphatic heterocycles. The van der Waals surface area contributed by atoms with Crippen LogP contribution < -0.4 is 4.74 Å². The van der Waals surface area contributed by atoms with E-state index in [1.54, 1.807) is 13.2 Å². The third-order valence-corrected chi connectivity index (χ3v) is 9.22. The maximum atomic E-state index is 13.7. The van der Waals surface area contributed by atoms with Crippen molar-refractivity contribution in [2.24, 2.45) is 5.92 Å². The van der Waals surface area contributed by atoms with Crippen LogP contribution in [0.2, 0.25) is 0 Å². The molecule has 0 unspecified atom stereocenters. The highest BCUT2D eigenvalue weighted by molar-refractivity contribution is 5.91. The van der Waals surface area contributed by atoms with Crippen LogP contribution in [0.4, 0.5) is 0 Å². The van der Waals surface area contributed by atoms with Gasteiger partial charge in [-0.3, -0.25) is 14.5 Å². The molecule has 1 saturated carbocycles. The van der Waals surface area contributed by atoms with Crippen molar-refractivity contribution in [1.29, 1.82) is 0 Å². The normalized spacial score (nSPS) is 19.4. The van der Waals surface area contributed by atoms with Crippen LogP contribution in [-0.4, -0.2) is 79.5 Å². The lowest BCUT2D eigenvalue weighted by Gasteiger charge is -2.39. The van der Waals surface area contributed by atoms with E-state index in [-0.39, 0.29) is 30.4 Å². The molecule has 6 rings (SSSR count). The number of nitrogens with zero attached hydrogens (tertiary/aromatic N) is 3. The number of furan rings is 1. The molecule has 0 radical (unpaired) electrons. The van der Waals surface area contributed by atoms with Crippen LogP contribution >= 0.6 is 0 Å². The van der Waals surface area contributed by atoms with E-state index in [9.17, 15) is 9.59 Å². The second-order valence-electron chi connectivity index (χ2n) is 12.1. The zero-order valence-corrected chi connectivity index (χ0v) is 25.4. The predicted octanol–water partition coefficient (Wildman–Crippen LogP) is 5.24. The quantitative estimate of drug-likeness (QED) is 0.342. The second-order valence-corrected chi connectivity index (χ2v) is 12.1. The summed E-state index contributed by atoms with van der Waals surface area (Å²) in [5.74, 6) is 2.00. The molecule has 228 valence electrons. The zero-order valence-electron chi connectivity index (χ0n) is 25.4. The van der Waals surface area contributed by atoms with E-state index >= 15 is 0 Å². The molecule has 1 saturated heterocycles. The minimum absolute atomic E-state index is 0.0839. The summed E-state index contributed by atoms with van der Waals surface area (Å²) in [6, 6.07) is 18.2. The molecule has 3 aromatic rings. The molecule has 3 aliphatic rings. The van der Waals surface area contributed by atoms with Crippen LogP contribution in [-0.2, 0) is 22.6 Å². The van der Waals surface area contributed by atoms with Crippen LogP contribution in [0.1, 0.15) is 70.3 Å². The van der Waals surface area contributed by atoms with Gasteiger partial charge in [0.25, 0.3) is 5.91 Å². The molecule has 2 fully saturated rings. The van der Waals surface area contributed by atoms with Gasteiger partial charge in [-0.25, -0.2) is 0 Å². The van der Waals surface area contributed by atoms with Gasteiger partial charge in [0.2, 0.25) is 5.91 Å². The van der Waals surface area contributed by atoms with Crippen LogP contribution in [0.5, 0.6) is 5.75 Å². The number of amides is 2. The lowest BCUT2D eigenvalue weighted by atomic mass is 9.86. The number of fused-ring (bicyclic) bond motifs is 1. The van der Waals surface area contributed by atoms with Crippen LogP contribution in [0.25, 0.3) is 0 Å². The van der Waals surface area contributed by atoms with Gasteiger partial charge in [0.05, 0.1) is 12.6 Å². The highest BCUT2D eigenvalue weighted by atomic mass is 16.5. The number of hydrogen-bond acceptors (Lipinski definition) is 6. The molecule has 1 aliphatic carbocycles. The van der Waals surface area contributed by atoms with Gasteiger partial charge >= 0.3 is 0 Å². The Morgan fingerprint density at radius 3 is 2.53 bits per heavy atom. The van der Waals surface area contributed by atoms with Gasteiger partial charge < -0.3 is 23.7 Å². The molecule has 0 spiro atoms. The van der Waals surface area contributed by atoms with E-state index in [4.69, 9.17) is 13.9 Å². The Bertz CT molecular complexity index is 1420. The third-order valence-electron chi connectivity index (χ3n) is 9.22. The first-order valence-corrected chi connectivity index (χ1v) is 15.7. The van der Waals surface area contributed by atoms with Crippen LogP contribution in [0, 0.1) is 12.8 Å². The SMILES string of the molecule is COCCN1CCN(C(=O)c2ccc(COc3ccc4c(c3)[C@H](c3cccc(C)c3)N(C(=O)C3CCCC3)CC4)o2)CC1. The standard InChI is InChI=1S/C35H43N3O5/c1-25-6-5-9-28(22-25)33-31-23-29(11-10-26(31)14-15-38(33)34(39)27-7-3-4-8-27)42-24-30-12-13-32(43-30)35(40)37-18-16-36(17-19-37)20-21-41-2/h5-6,9-13,22-23,27,33H,3-4,7-8,14-21,24H2,1-2H3/t33-/m0/s1. The van der Waals surface area contributed by atoms with E-state index in [2.05, 4.69) is 53.1 Å². The van der Waals surface area contributed by atoms with Gasteiger partial charge in [0.1, 0.15) is 18.1 Å². The highest BCUT2D eigenvalue weighted by Crippen LogP contribution is 2.40. The van der Waals surface area contributed by atoms with Gasteiger partial charge in [-0.2, -0.15) is 0 Å². The monoisotopic (exact) mass is 585 g/mol. The fourth-order valence-corrected chi connectivity index (χ4v) is 6.80. The Balaban J connectivity index is 1.15. The van der Waals surface area contributed by atoms with Crippen molar-refractivity contribution in [2.75, 3.05) is 53.0 Å². The van der Waals surface area contributed by atoms with E-state index < -0.39 is 0 Å². The molecule has 2 amide bonds.